The van der Waals surface area contributed by atoms with Gasteiger partial charge in [0.2, 0.25) is 17.6 Å². The van der Waals surface area contributed by atoms with Crippen LogP contribution in [-0.2, 0) is 16.8 Å². The van der Waals surface area contributed by atoms with Crippen molar-refractivity contribution in [3.8, 4) is 11.4 Å². The van der Waals surface area contributed by atoms with E-state index in [1.807, 2.05) is 0 Å². The number of hydrogen-bond acceptors (Lipinski definition) is 4. The third-order valence-electron chi connectivity index (χ3n) is 5.31. The number of benzene rings is 2. The van der Waals surface area contributed by atoms with Gasteiger partial charge in [-0.05, 0) is 35.1 Å². The molecule has 0 radical (unpaired) electrons. The zero-order valence-electron chi connectivity index (χ0n) is 16.9. The van der Waals surface area contributed by atoms with Crippen LogP contribution < -0.4 is 0 Å². The SMILES string of the molecule is CC(C)(C)c1ccc(CN2C(=O)CCC2c2nc(-c3cccc(F)c3)no2)cc1. The minimum Gasteiger partial charge on any atom is -0.337 e. The lowest BCUT2D eigenvalue weighted by Crippen LogP contribution is -2.27. The predicted molar refractivity (Wildman–Crippen MR) is 107 cm³/mol. The lowest BCUT2D eigenvalue weighted by molar-refractivity contribution is -0.129. The summed E-state index contributed by atoms with van der Waals surface area (Å²) < 4.78 is 18.9. The monoisotopic (exact) mass is 393 g/mol. The molecule has 1 aliphatic heterocycles. The Bertz CT molecular complexity index is 1020. The molecule has 1 aliphatic rings. The molecule has 1 fully saturated rings. The molecule has 29 heavy (non-hydrogen) atoms. The third-order valence-corrected chi connectivity index (χ3v) is 5.31. The minimum atomic E-state index is -0.356. The highest BCUT2D eigenvalue weighted by molar-refractivity contribution is 5.78. The normalized spacial score (nSPS) is 17.2. The van der Waals surface area contributed by atoms with Crippen LogP contribution in [0.5, 0.6) is 0 Å². The first-order valence-corrected chi connectivity index (χ1v) is 9.80. The lowest BCUT2D eigenvalue weighted by atomic mass is 9.87. The van der Waals surface area contributed by atoms with Crippen LogP contribution in [0, 0.1) is 5.82 Å². The van der Waals surface area contributed by atoms with Crippen molar-refractivity contribution in [2.45, 2.75) is 51.6 Å². The van der Waals surface area contributed by atoms with Gasteiger partial charge in [-0.2, -0.15) is 4.98 Å². The number of carbonyl (C=O) groups is 1. The van der Waals surface area contributed by atoms with Gasteiger partial charge in [0.25, 0.3) is 0 Å². The first-order valence-electron chi connectivity index (χ1n) is 9.80. The number of amides is 1. The summed E-state index contributed by atoms with van der Waals surface area (Å²) in [5.41, 5.74) is 2.95. The maximum atomic E-state index is 13.5. The van der Waals surface area contributed by atoms with Crippen LogP contribution in [-0.4, -0.2) is 20.9 Å². The molecule has 1 atom stereocenters. The average molecular weight is 393 g/mol. The average Bonchev–Trinajstić information content (AvgIpc) is 3.29. The van der Waals surface area contributed by atoms with Crippen LogP contribution in [0.4, 0.5) is 4.39 Å². The number of hydrogen-bond donors (Lipinski definition) is 0. The van der Waals surface area contributed by atoms with Gasteiger partial charge >= 0.3 is 0 Å². The smallest absolute Gasteiger partial charge is 0.249 e. The van der Waals surface area contributed by atoms with Crippen molar-refractivity contribution in [3.05, 3.63) is 71.4 Å². The molecule has 0 aliphatic carbocycles. The molecule has 0 N–H and O–H groups in total. The standard InChI is InChI=1S/C23H24FN3O2/c1-23(2,3)17-9-7-15(8-10-17)14-27-19(11-12-20(27)28)22-25-21(26-29-22)16-5-4-6-18(24)13-16/h4-10,13,19H,11-12,14H2,1-3H3. The summed E-state index contributed by atoms with van der Waals surface area (Å²) in [6.45, 7) is 7.01. The Morgan fingerprint density at radius 2 is 1.93 bits per heavy atom. The third kappa shape index (κ3) is 4.06. The fraction of sp³-hybridized carbons (Fsp3) is 0.348. The van der Waals surface area contributed by atoms with Crippen molar-refractivity contribution in [2.75, 3.05) is 0 Å². The van der Waals surface area contributed by atoms with Crippen molar-refractivity contribution in [3.63, 3.8) is 0 Å². The molecule has 150 valence electrons. The van der Waals surface area contributed by atoms with Crippen LogP contribution in [0.1, 0.15) is 56.7 Å². The molecule has 2 aromatic carbocycles. The van der Waals surface area contributed by atoms with Crippen LogP contribution in [0.15, 0.2) is 53.1 Å². The molecule has 4 rings (SSSR count). The Balaban J connectivity index is 1.54. The van der Waals surface area contributed by atoms with E-state index in [1.165, 1.54) is 17.7 Å². The van der Waals surface area contributed by atoms with Gasteiger partial charge < -0.3 is 9.42 Å². The summed E-state index contributed by atoms with van der Waals surface area (Å²) in [7, 11) is 0. The van der Waals surface area contributed by atoms with E-state index in [2.05, 4.69) is 55.2 Å². The molecule has 1 unspecified atom stereocenters. The van der Waals surface area contributed by atoms with Crippen molar-refractivity contribution < 1.29 is 13.7 Å². The second-order valence-corrected chi connectivity index (χ2v) is 8.49. The minimum absolute atomic E-state index is 0.0698. The lowest BCUT2D eigenvalue weighted by Gasteiger charge is -2.23. The van der Waals surface area contributed by atoms with Crippen molar-refractivity contribution in [1.29, 1.82) is 0 Å². The Kier molecular flexibility index (Phi) is 4.94. The quantitative estimate of drug-likeness (QED) is 0.623. The summed E-state index contributed by atoms with van der Waals surface area (Å²) in [5.74, 6) is 0.431. The van der Waals surface area contributed by atoms with Gasteiger partial charge in [0.05, 0.1) is 0 Å². The number of halogens is 1. The largest absolute Gasteiger partial charge is 0.337 e. The van der Waals surface area contributed by atoms with E-state index in [0.717, 1.165) is 5.56 Å². The Hall–Kier alpha value is -3.02. The zero-order chi connectivity index (χ0) is 20.6. The van der Waals surface area contributed by atoms with E-state index in [-0.39, 0.29) is 23.2 Å². The highest BCUT2D eigenvalue weighted by atomic mass is 19.1. The summed E-state index contributed by atoms with van der Waals surface area (Å²) in [5, 5.41) is 3.99. The van der Waals surface area contributed by atoms with Gasteiger partial charge in [-0.25, -0.2) is 4.39 Å². The molecule has 1 saturated heterocycles. The van der Waals surface area contributed by atoms with Crippen LogP contribution in [0.3, 0.4) is 0 Å². The Labute approximate surface area is 169 Å². The zero-order valence-corrected chi connectivity index (χ0v) is 16.9. The van der Waals surface area contributed by atoms with E-state index in [4.69, 9.17) is 4.52 Å². The molecule has 6 heteroatoms. The van der Waals surface area contributed by atoms with E-state index >= 15 is 0 Å². The van der Waals surface area contributed by atoms with Gasteiger partial charge in [0.1, 0.15) is 11.9 Å². The summed E-state index contributed by atoms with van der Waals surface area (Å²) >= 11 is 0. The first-order chi connectivity index (χ1) is 13.8. The van der Waals surface area contributed by atoms with E-state index in [0.29, 0.717) is 36.7 Å². The van der Waals surface area contributed by atoms with Crippen LogP contribution in [0.2, 0.25) is 0 Å². The van der Waals surface area contributed by atoms with Gasteiger partial charge in [-0.1, -0.05) is 62.3 Å². The van der Waals surface area contributed by atoms with Crippen molar-refractivity contribution in [2.24, 2.45) is 0 Å². The maximum absolute atomic E-state index is 13.5. The van der Waals surface area contributed by atoms with E-state index in [9.17, 15) is 9.18 Å². The van der Waals surface area contributed by atoms with Crippen LogP contribution >= 0.6 is 0 Å². The molecular weight excluding hydrogens is 369 g/mol. The Morgan fingerprint density at radius 3 is 2.62 bits per heavy atom. The second-order valence-electron chi connectivity index (χ2n) is 8.49. The molecule has 3 aromatic rings. The summed E-state index contributed by atoms with van der Waals surface area (Å²) in [6.07, 6.45) is 1.08. The molecular formula is C23H24FN3O2. The maximum Gasteiger partial charge on any atom is 0.249 e. The Morgan fingerprint density at radius 1 is 1.17 bits per heavy atom. The molecule has 2 heterocycles. The van der Waals surface area contributed by atoms with Gasteiger partial charge in [-0.15, -0.1) is 0 Å². The number of aromatic nitrogens is 2. The fourth-order valence-electron chi connectivity index (χ4n) is 3.61. The van der Waals surface area contributed by atoms with Gasteiger partial charge in [0, 0.05) is 18.5 Å². The van der Waals surface area contributed by atoms with Crippen molar-refractivity contribution in [1.82, 2.24) is 15.0 Å². The van der Waals surface area contributed by atoms with Crippen molar-refractivity contribution >= 4 is 5.91 Å². The number of nitrogens with zero attached hydrogens (tertiary/aromatic N) is 3. The second kappa shape index (κ2) is 7.43. The fourth-order valence-corrected chi connectivity index (χ4v) is 3.61. The van der Waals surface area contributed by atoms with Crippen LogP contribution in [0.25, 0.3) is 11.4 Å². The highest BCUT2D eigenvalue weighted by Crippen LogP contribution is 2.34. The molecule has 0 spiro atoms. The number of likely N-dealkylation sites (tertiary alicyclic amines) is 1. The van der Waals surface area contributed by atoms with Gasteiger partial charge in [-0.3, -0.25) is 4.79 Å². The molecule has 1 amide bonds. The van der Waals surface area contributed by atoms with E-state index < -0.39 is 0 Å². The number of carbonyl (C=O) groups excluding carboxylic acids is 1. The topological polar surface area (TPSA) is 59.2 Å². The molecule has 0 saturated carbocycles. The molecule has 0 bridgehead atoms. The molecule has 1 aromatic heterocycles. The van der Waals surface area contributed by atoms with E-state index in [1.54, 1.807) is 17.0 Å². The highest BCUT2D eigenvalue weighted by Gasteiger charge is 2.36. The van der Waals surface area contributed by atoms with Gasteiger partial charge in [0.15, 0.2) is 0 Å². The number of rotatable bonds is 4. The molecule has 5 nitrogen and oxygen atoms in total. The predicted octanol–water partition coefficient (Wildman–Crippen LogP) is 5.04. The first kappa shape index (κ1) is 19.3. The summed E-state index contributed by atoms with van der Waals surface area (Å²) in [4.78, 5) is 18.7. The summed E-state index contributed by atoms with van der Waals surface area (Å²) in [6, 6.07) is 14.2.